The number of hydrogen-bond donors (Lipinski definition) is 1. The molecule has 0 amide bonds. The van der Waals surface area contributed by atoms with Crippen LogP contribution in [0.5, 0.6) is 0 Å². The van der Waals surface area contributed by atoms with Gasteiger partial charge in [0.2, 0.25) is 5.95 Å². The molecule has 0 aliphatic heterocycles. The Labute approximate surface area is 117 Å². The highest BCUT2D eigenvalue weighted by atomic mass is 79.9. The lowest BCUT2D eigenvalue weighted by molar-refractivity contribution is 1.08. The Balaban J connectivity index is 2.28. The van der Waals surface area contributed by atoms with E-state index in [-0.39, 0.29) is 0 Å². The van der Waals surface area contributed by atoms with Crippen molar-refractivity contribution in [1.82, 2.24) is 14.5 Å². The van der Waals surface area contributed by atoms with Crippen LogP contribution < -0.4 is 5.73 Å². The topological polar surface area (TPSA) is 56.7 Å². The molecule has 3 rings (SSSR count). The van der Waals surface area contributed by atoms with Crippen molar-refractivity contribution in [3.8, 4) is 5.69 Å². The molecule has 0 aliphatic rings. The maximum Gasteiger partial charge on any atom is 0.207 e. The Kier molecular flexibility index (Phi) is 2.72. The van der Waals surface area contributed by atoms with Crippen molar-refractivity contribution < 1.29 is 0 Å². The van der Waals surface area contributed by atoms with Crippen molar-refractivity contribution in [3.05, 3.63) is 46.0 Å². The molecule has 0 spiro atoms. The normalized spacial score (nSPS) is 11.0. The van der Waals surface area contributed by atoms with Crippen LogP contribution in [-0.2, 0) is 0 Å². The van der Waals surface area contributed by atoms with Crippen molar-refractivity contribution in [3.63, 3.8) is 0 Å². The van der Waals surface area contributed by atoms with Crippen molar-refractivity contribution in [2.24, 2.45) is 0 Å². The van der Waals surface area contributed by atoms with Crippen LogP contribution in [0.25, 0.3) is 16.9 Å². The fourth-order valence-electron chi connectivity index (χ4n) is 1.80. The molecule has 4 nitrogen and oxygen atoms in total. The van der Waals surface area contributed by atoms with E-state index in [1.807, 2.05) is 18.2 Å². The quantitative estimate of drug-likeness (QED) is 0.746. The van der Waals surface area contributed by atoms with Gasteiger partial charge in [-0.05, 0) is 46.3 Å². The number of hydrogen-bond acceptors (Lipinski definition) is 3. The number of fused-ring (bicyclic) bond motifs is 1. The summed E-state index contributed by atoms with van der Waals surface area (Å²) in [5, 5.41) is 0.678. The fourth-order valence-corrected chi connectivity index (χ4v) is 2.25. The van der Waals surface area contributed by atoms with E-state index in [1.54, 1.807) is 22.9 Å². The third kappa shape index (κ3) is 1.85. The Morgan fingerprint density at radius 1 is 1.22 bits per heavy atom. The Morgan fingerprint density at radius 3 is 2.67 bits per heavy atom. The summed E-state index contributed by atoms with van der Waals surface area (Å²) in [6.07, 6.45) is 1.72. The first kappa shape index (κ1) is 11.5. The van der Waals surface area contributed by atoms with Crippen molar-refractivity contribution >= 4 is 44.6 Å². The van der Waals surface area contributed by atoms with Crippen LogP contribution in [0.4, 0.5) is 5.95 Å². The molecule has 0 saturated carbocycles. The zero-order chi connectivity index (χ0) is 12.7. The second-order valence-electron chi connectivity index (χ2n) is 3.78. The van der Waals surface area contributed by atoms with E-state index in [1.165, 1.54) is 0 Å². The van der Waals surface area contributed by atoms with Gasteiger partial charge in [0.1, 0.15) is 5.52 Å². The van der Waals surface area contributed by atoms with E-state index in [0.717, 1.165) is 21.3 Å². The number of nitrogens with two attached hydrogens (primary N) is 1. The first-order valence-electron chi connectivity index (χ1n) is 5.20. The van der Waals surface area contributed by atoms with Crippen molar-refractivity contribution in [1.29, 1.82) is 0 Å². The van der Waals surface area contributed by atoms with Gasteiger partial charge in [-0.2, -0.15) is 0 Å². The van der Waals surface area contributed by atoms with Crippen LogP contribution in [0.1, 0.15) is 0 Å². The third-order valence-corrected chi connectivity index (χ3v) is 3.26. The number of rotatable bonds is 1. The smallest absolute Gasteiger partial charge is 0.207 e. The van der Waals surface area contributed by atoms with Crippen LogP contribution in [0.3, 0.4) is 0 Å². The zero-order valence-corrected chi connectivity index (χ0v) is 11.5. The SMILES string of the molecule is Nc1nc2cc(Br)cnc2n1-c1ccc(Cl)cc1. The molecule has 2 heterocycles. The van der Waals surface area contributed by atoms with Gasteiger partial charge in [0.15, 0.2) is 5.65 Å². The number of nitrogen functional groups attached to an aromatic ring is 1. The molecule has 90 valence electrons. The minimum Gasteiger partial charge on any atom is -0.369 e. The van der Waals surface area contributed by atoms with Gasteiger partial charge in [-0.15, -0.1) is 0 Å². The van der Waals surface area contributed by atoms with Gasteiger partial charge in [-0.25, -0.2) is 9.97 Å². The van der Waals surface area contributed by atoms with Crippen LogP contribution in [0, 0.1) is 0 Å². The molecular weight excluding hydrogens is 316 g/mol. The van der Waals surface area contributed by atoms with E-state index >= 15 is 0 Å². The lowest BCUT2D eigenvalue weighted by Crippen LogP contribution is -2.01. The predicted molar refractivity (Wildman–Crippen MR) is 76.0 cm³/mol. The van der Waals surface area contributed by atoms with Gasteiger partial charge in [0.05, 0.1) is 5.69 Å². The molecule has 18 heavy (non-hydrogen) atoms. The summed E-state index contributed by atoms with van der Waals surface area (Å²) < 4.78 is 2.66. The van der Waals surface area contributed by atoms with E-state index < -0.39 is 0 Å². The van der Waals surface area contributed by atoms with Gasteiger partial charge >= 0.3 is 0 Å². The van der Waals surface area contributed by atoms with E-state index in [4.69, 9.17) is 17.3 Å². The lowest BCUT2D eigenvalue weighted by Gasteiger charge is -2.05. The number of halogens is 2. The second-order valence-corrected chi connectivity index (χ2v) is 5.13. The molecule has 0 fully saturated rings. The zero-order valence-electron chi connectivity index (χ0n) is 9.14. The monoisotopic (exact) mass is 322 g/mol. The van der Waals surface area contributed by atoms with E-state index in [9.17, 15) is 0 Å². The third-order valence-electron chi connectivity index (χ3n) is 2.57. The molecule has 1 aromatic carbocycles. The number of imidazole rings is 1. The van der Waals surface area contributed by atoms with Crippen molar-refractivity contribution in [2.75, 3.05) is 5.73 Å². The molecule has 2 aromatic heterocycles. The first-order chi connectivity index (χ1) is 8.65. The van der Waals surface area contributed by atoms with Crippen LogP contribution in [0.15, 0.2) is 41.0 Å². The van der Waals surface area contributed by atoms with Crippen LogP contribution in [0.2, 0.25) is 5.02 Å². The second kappa shape index (κ2) is 4.26. The molecule has 6 heteroatoms. The molecule has 0 aliphatic carbocycles. The average Bonchev–Trinajstić information content (AvgIpc) is 2.65. The number of aromatic nitrogens is 3. The summed E-state index contributed by atoms with van der Waals surface area (Å²) in [5.74, 6) is 0.401. The van der Waals surface area contributed by atoms with Crippen LogP contribution >= 0.6 is 27.5 Å². The molecular formula is C12H8BrClN4. The van der Waals surface area contributed by atoms with E-state index in [0.29, 0.717) is 11.0 Å². The summed E-state index contributed by atoms with van der Waals surface area (Å²) in [6.45, 7) is 0. The largest absolute Gasteiger partial charge is 0.369 e. The molecule has 0 atom stereocenters. The minimum absolute atomic E-state index is 0.401. The standard InChI is InChI=1S/C12H8BrClN4/c13-7-5-10-11(16-6-7)18(12(15)17-10)9-3-1-8(14)2-4-9/h1-6H,(H2,15,17). The lowest BCUT2D eigenvalue weighted by atomic mass is 10.3. The summed E-state index contributed by atoms with van der Waals surface area (Å²) in [4.78, 5) is 8.63. The predicted octanol–water partition coefficient (Wildman–Crippen LogP) is 3.42. The number of anilines is 1. The first-order valence-corrected chi connectivity index (χ1v) is 6.37. The molecule has 0 bridgehead atoms. The number of nitrogens with zero attached hydrogens (tertiary/aromatic N) is 3. The fraction of sp³-hybridized carbons (Fsp3) is 0. The van der Waals surface area contributed by atoms with Gasteiger partial charge in [-0.3, -0.25) is 4.57 Å². The molecule has 0 radical (unpaired) electrons. The summed E-state index contributed by atoms with van der Waals surface area (Å²) in [7, 11) is 0. The summed E-state index contributed by atoms with van der Waals surface area (Å²) in [6, 6.07) is 9.25. The van der Waals surface area contributed by atoms with Gasteiger partial charge in [0, 0.05) is 15.7 Å². The highest BCUT2D eigenvalue weighted by Crippen LogP contribution is 2.24. The van der Waals surface area contributed by atoms with Gasteiger partial charge in [-0.1, -0.05) is 11.6 Å². The maximum absolute atomic E-state index is 5.94. The van der Waals surface area contributed by atoms with Crippen LogP contribution in [-0.4, -0.2) is 14.5 Å². The Hall–Kier alpha value is -1.59. The summed E-state index contributed by atoms with van der Waals surface area (Å²) in [5.41, 5.74) is 8.29. The Bertz CT molecular complexity index is 721. The minimum atomic E-state index is 0.401. The molecule has 0 saturated heterocycles. The highest BCUT2D eigenvalue weighted by molar-refractivity contribution is 9.10. The van der Waals surface area contributed by atoms with Gasteiger partial charge in [0.25, 0.3) is 0 Å². The molecule has 2 N–H and O–H groups in total. The van der Waals surface area contributed by atoms with Crippen molar-refractivity contribution in [2.45, 2.75) is 0 Å². The van der Waals surface area contributed by atoms with E-state index in [2.05, 4.69) is 25.9 Å². The van der Waals surface area contributed by atoms with Gasteiger partial charge < -0.3 is 5.73 Å². The summed E-state index contributed by atoms with van der Waals surface area (Å²) >= 11 is 9.24. The number of benzene rings is 1. The molecule has 0 unspecified atom stereocenters. The number of pyridine rings is 1. The highest BCUT2D eigenvalue weighted by Gasteiger charge is 2.11. The maximum atomic E-state index is 5.94. The molecule has 3 aromatic rings. The average molecular weight is 324 g/mol. The Morgan fingerprint density at radius 2 is 1.94 bits per heavy atom.